The lowest BCUT2D eigenvalue weighted by molar-refractivity contribution is 0.0912. The summed E-state index contributed by atoms with van der Waals surface area (Å²) in [4.78, 5) is 25.2. The molecule has 0 aliphatic carbocycles. The zero-order chi connectivity index (χ0) is 12.5. The van der Waals surface area contributed by atoms with E-state index in [-0.39, 0.29) is 22.9 Å². The second kappa shape index (κ2) is 4.21. The maximum absolute atomic E-state index is 11.9. The zero-order valence-corrected chi connectivity index (χ0v) is 9.54. The van der Waals surface area contributed by atoms with E-state index in [0.717, 1.165) is 13.0 Å². The standard InChI is InChI=1S/C11H15N3O3/c1-11(2-3-12-6-11)14-10(17)7-4-8(15)13-9(16)5-7/h4-5,12H,2-3,6H2,1H3,(H,14,17)(H2,13,15,16). The molecule has 6 heteroatoms. The number of H-pyrrole nitrogens is 1. The zero-order valence-electron chi connectivity index (χ0n) is 9.54. The predicted octanol–water partition coefficient (Wildman–Crippen LogP) is -0.438. The highest BCUT2D eigenvalue weighted by Crippen LogP contribution is 2.14. The third kappa shape index (κ3) is 2.65. The molecule has 0 spiro atoms. The summed E-state index contributed by atoms with van der Waals surface area (Å²) in [6.45, 7) is 3.50. The maximum Gasteiger partial charge on any atom is 0.252 e. The molecule has 4 N–H and O–H groups in total. The van der Waals surface area contributed by atoms with Gasteiger partial charge in [-0.15, -0.1) is 0 Å². The summed E-state index contributed by atoms with van der Waals surface area (Å²) in [6.07, 6.45) is 0.841. The molecule has 1 fully saturated rings. The van der Waals surface area contributed by atoms with Crippen molar-refractivity contribution in [3.05, 3.63) is 28.0 Å². The molecule has 0 saturated carbocycles. The van der Waals surface area contributed by atoms with Crippen LogP contribution in [0.15, 0.2) is 16.9 Å². The van der Waals surface area contributed by atoms with E-state index in [0.29, 0.717) is 6.54 Å². The van der Waals surface area contributed by atoms with E-state index < -0.39 is 5.56 Å². The highest BCUT2D eigenvalue weighted by atomic mass is 16.3. The topological polar surface area (TPSA) is 94.2 Å². The lowest BCUT2D eigenvalue weighted by atomic mass is 10.0. The van der Waals surface area contributed by atoms with E-state index >= 15 is 0 Å². The van der Waals surface area contributed by atoms with Gasteiger partial charge in [0.15, 0.2) is 5.88 Å². The van der Waals surface area contributed by atoms with Crippen LogP contribution in [0.4, 0.5) is 0 Å². The van der Waals surface area contributed by atoms with Crippen molar-refractivity contribution in [3.8, 4) is 5.88 Å². The Morgan fingerprint density at radius 3 is 2.88 bits per heavy atom. The van der Waals surface area contributed by atoms with Crippen LogP contribution in [0.5, 0.6) is 5.88 Å². The van der Waals surface area contributed by atoms with Gasteiger partial charge in [-0.25, -0.2) is 0 Å². The van der Waals surface area contributed by atoms with Crippen LogP contribution in [0.2, 0.25) is 0 Å². The van der Waals surface area contributed by atoms with Gasteiger partial charge in [0.25, 0.3) is 11.5 Å². The first kappa shape index (κ1) is 11.7. The fraction of sp³-hybridized carbons (Fsp3) is 0.455. The van der Waals surface area contributed by atoms with E-state index in [1.54, 1.807) is 0 Å². The number of hydrogen-bond donors (Lipinski definition) is 4. The van der Waals surface area contributed by atoms with Gasteiger partial charge in [-0.1, -0.05) is 0 Å². The van der Waals surface area contributed by atoms with Gasteiger partial charge in [0, 0.05) is 18.7 Å². The second-order valence-corrected chi connectivity index (χ2v) is 4.56. The summed E-state index contributed by atoms with van der Waals surface area (Å²) >= 11 is 0. The number of pyridine rings is 1. The van der Waals surface area contributed by atoms with Crippen LogP contribution in [-0.2, 0) is 0 Å². The smallest absolute Gasteiger partial charge is 0.252 e. The molecule has 0 radical (unpaired) electrons. The summed E-state index contributed by atoms with van der Waals surface area (Å²) in [7, 11) is 0. The molecule has 6 nitrogen and oxygen atoms in total. The van der Waals surface area contributed by atoms with Crippen molar-refractivity contribution in [1.82, 2.24) is 15.6 Å². The highest BCUT2D eigenvalue weighted by molar-refractivity contribution is 5.94. The largest absolute Gasteiger partial charge is 0.494 e. The molecule has 2 heterocycles. The van der Waals surface area contributed by atoms with Crippen LogP contribution in [-0.4, -0.2) is 34.6 Å². The summed E-state index contributed by atoms with van der Waals surface area (Å²) in [5.74, 6) is -0.657. The van der Waals surface area contributed by atoms with Gasteiger partial charge in [-0.2, -0.15) is 0 Å². The number of aromatic hydroxyl groups is 1. The van der Waals surface area contributed by atoms with Crippen molar-refractivity contribution in [3.63, 3.8) is 0 Å². The average molecular weight is 237 g/mol. The van der Waals surface area contributed by atoms with E-state index in [1.165, 1.54) is 12.1 Å². The van der Waals surface area contributed by atoms with Crippen molar-refractivity contribution in [2.45, 2.75) is 18.9 Å². The SMILES string of the molecule is CC1(NC(=O)c2cc(O)[nH]c(=O)c2)CCNC1. The van der Waals surface area contributed by atoms with Gasteiger partial charge in [0.05, 0.1) is 11.1 Å². The van der Waals surface area contributed by atoms with Crippen molar-refractivity contribution in [2.24, 2.45) is 0 Å². The molecule has 1 aromatic rings. The van der Waals surface area contributed by atoms with Crippen molar-refractivity contribution in [2.75, 3.05) is 13.1 Å². The van der Waals surface area contributed by atoms with E-state index in [1.807, 2.05) is 6.92 Å². The fourth-order valence-corrected chi connectivity index (χ4v) is 1.93. The summed E-state index contributed by atoms with van der Waals surface area (Å²) in [5.41, 5.74) is -0.626. The van der Waals surface area contributed by atoms with Gasteiger partial charge < -0.3 is 15.7 Å². The molecule has 1 aliphatic rings. The molecule has 0 aromatic carbocycles. The molecule has 1 atom stereocenters. The van der Waals surface area contributed by atoms with Crippen LogP contribution in [0.1, 0.15) is 23.7 Å². The van der Waals surface area contributed by atoms with Crippen LogP contribution < -0.4 is 16.2 Å². The Labute approximate surface area is 98.1 Å². The Balaban J connectivity index is 2.17. The number of amides is 1. The van der Waals surface area contributed by atoms with Crippen molar-refractivity contribution in [1.29, 1.82) is 0 Å². The van der Waals surface area contributed by atoms with E-state index in [2.05, 4.69) is 15.6 Å². The highest BCUT2D eigenvalue weighted by Gasteiger charge is 2.30. The van der Waals surface area contributed by atoms with E-state index in [4.69, 9.17) is 0 Å². The minimum absolute atomic E-state index is 0.166. The molecule has 1 aromatic heterocycles. The van der Waals surface area contributed by atoms with Gasteiger partial charge in [0.2, 0.25) is 0 Å². The molecule has 0 bridgehead atoms. The predicted molar refractivity (Wildman–Crippen MR) is 62.1 cm³/mol. The molecule has 2 rings (SSSR count). The van der Waals surface area contributed by atoms with Gasteiger partial charge in [-0.3, -0.25) is 14.6 Å². The molecule has 1 aliphatic heterocycles. The maximum atomic E-state index is 11.9. The quantitative estimate of drug-likeness (QED) is 0.561. The minimum Gasteiger partial charge on any atom is -0.494 e. The Morgan fingerprint density at radius 1 is 1.53 bits per heavy atom. The van der Waals surface area contributed by atoms with Crippen molar-refractivity contribution >= 4 is 5.91 Å². The Bertz CT molecular complexity index is 489. The monoisotopic (exact) mass is 237 g/mol. The molecule has 1 unspecified atom stereocenters. The summed E-state index contributed by atoms with van der Waals surface area (Å²) < 4.78 is 0. The first-order valence-electron chi connectivity index (χ1n) is 5.45. The molecular weight excluding hydrogens is 222 g/mol. The van der Waals surface area contributed by atoms with Gasteiger partial charge in [0.1, 0.15) is 0 Å². The van der Waals surface area contributed by atoms with Crippen LogP contribution in [0.3, 0.4) is 0 Å². The second-order valence-electron chi connectivity index (χ2n) is 4.56. The lowest BCUT2D eigenvalue weighted by Gasteiger charge is -2.24. The first-order valence-corrected chi connectivity index (χ1v) is 5.45. The third-order valence-corrected chi connectivity index (χ3v) is 2.88. The Morgan fingerprint density at radius 2 is 2.29 bits per heavy atom. The molecule has 17 heavy (non-hydrogen) atoms. The Hall–Kier alpha value is -1.82. The molecule has 1 saturated heterocycles. The minimum atomic E-state index is -0.496. The number of carbonyl (C=O) groups excluding carboxylic acids is 1. The molecular formula is C11H15N3O3. The number of aromatic amines is 1. The van der Waals surface area contributed by atoms with Gasteiger partial charge >= 0.3 is 0 Å². The van der Waals surface area contributed by atoms with Crippen LogP contribution in [0, 0.1) is 0 Å². The van der Waals surface area contributed by atoms with Crippen molar-refractivity contribution < 1.29 is 9.90 Å². The normalized spacial score (nSPS) is 23.6. The Kier molecular flexibility index (Phi) is 2.89. The van der Waals surface area contributed by atoms with Crippen LogP contribution in [0.25, 0.3) is 0 Å². The lowest BCUT2D eigenvalue weighted by Crippen LogP contribution is -2.47. The van der Waals surface area contributed by atoms with E-state index in [9.17, 15) is 14.7 Å². The third-order valence-electron chi connectivity index (χ3n) is 2.88. The molecule has 92 valence electrons. The first-order chi connectivity index (χ1) is 7.98. The number of rotatable bonds is 2. The summed E-state index contributed by atoms with van der Waals surface area (Å²) in [5, 5.41) is 15.2. The number of aromatic nitrogens is 1. The van der Waals surface area contributed by atoms with Gasteiger partial charge in [-0.05, 0) is 19.9 Å². The van der Waals surface area contributed by atoms with Crippen LogP contribution >= 0.6 is 0 Å². The average Bonchev–Trinajstić information content (AvgIpc) is 2.63. The molecule has 1 amide bonds. The number of nitrogens with one attached hydrogen (secondary N) is 3. The number of hydrogen-bond acceptors (Lipinski definition) is 4. The number of carbonyl (C=O) groups is 1. The fourth-order valence-electron chi connectivity index (χ4n) is 1.93. The summed E-state index contributed by atoms with van der Waals surface area (Å²) in [6, 6.07) is 2.41.